The van der Waals surface area contributed by atoms with E-state index in [4.69, 9.17) is 7.85 Å². The Hall–Kier alpha value is -0.480. The van der Waals surface area contributed by atoms with E-state index >= 15 is 0 Å². The molecule has 0 rings (SSSR count). The Kier molecular flexibility index (Phi) is 1.29. The summed E-state index contributed by atoms with van der Waals surface area (Å²) in [4.78, 5) is 0. The van der Waals surface area contributed by atoms with Crippen LogP contribution in [0.3, 0.4) is 0 Å². The van der Waals surface area contributed by atoms with E-state index in [2.05, 4.69) is 5.92 Å². The van der Waals surface area contributed by atoms with E-state index in [-0.39, 0.29) is 0 Å². The van der Waals surface area contributed by atoms with Gasteiger partial charge in [-0.05, 0) is 6.92 Å². The van der Waals surface area contributed by atoms with Gasteiger partial charge in [0.2, 0.25) is 0 Å². The SMILES string of the molecule is [2H]C([2H])(O)C#CC. The Bertz CT molecular complexity index is 103. The zero-order chi connectivity index (χ0) is 5.91. The Labute approximate surface area is 34.4 Å². The van der Waals surface area contributed by atoms with E-state index in [9.17, 15) is 0 Å². The van der Waals surface area contributed by atoms with Crippen molar-refractivity contribution >= 4 is 0 Å². The molecule has 0 unspecified atom stereocenters. The van der Waals surface area contributed by atoms with Gasteiger partial charge in [-0.15, -0.1) is 5.92 Å². The Morgan fingerprint density at radius 2 is 2.80 bits per heavy atom. The fraction of sp³-hybridized carbons (Fsp3) is 0.500. The summed E-state index contributed by atoms with van der Waals surface area (Å²) in [6.07, 6.45) is 0. The second-order valence-electron chi connectivity index (χ2n) is 0.487. The maximum Gasteiger partial charge on any atom is 0.104 e. The molecule has 0 aromatic carbocycles. The van der Waals surface area contributed by atoms with E-state index in [1.165, 1.54) is 6.92 Å². The number of hydrogen-bond donors (Lipinski definition) is 1. The quantitative estimate of drug-likeness (QED) is 0.399. The molecule has 0 aromatic rings. The molecule has 0 aliphatic heterocycles. The van der Waals surface area contributed by atoms with E-state index in [0.29, 0.717) is 0 Å². The van der Waals surface area contributed by atoms with Crippen molar-refractivity contribution in [3.63, 3.8) is 0 Å². The molecule has 0 fully saturated rings. The fourth-order valence-corrected chi connectivity index (χ4v) is 0.0559. The van der Waals surface area contributed by atoms with Gasteiger partial charge in [0.05, 0.1) is 2.74 Å². The van der Waals surface area contributed by atoms with Crippen LogP contribution in [-0.4, -0.2) is 11.7 Å². The van der Waals surface area contributed by atoms with Gasteiger partial charge in [0.1, 0.15) is 6.56 Å². The lowest BCUT2D eigenvalue weighted by molar-refractivity contribution is 0.350. The van der Waals surface area contributed by atoms with Gasteiger partial charge >= 0.3 is 0 Å². The first-order valence-electron chi connectivity index (χ1n) is 2.22. The second-order valence-corrected chi connectivity index (χ2v) is 0.487. The first-order valence-corrected chi connectivity index (χ1v) is 1.22. The van der Waals surface area contributed by atoms with Crippen LogP contribution >= 0.6 is 0 Å². The van der Waals surface area contributed by atoms with Crippen molar-refractivity contribution in [3.05, 3.63) is 0 Å². The Balaban J connectivity index is 3.72. The smallest absolute Gasteiger partial charge is 0.104 e. The monoisotopic (exact) mass is 72.1 g/mol. The average Bonchev–Trinajstić information content (AvgIpc) is 1.30. The first-order chi connectivity index (χ1) is 3.06. The fourth-order valence-electron chi connectivity index (χ4n) is 0.0559. The molecule has 0 saturated heterocycles. The van der Waals surface area contributed by atoms with Crippen LogP contribution in [-0.2, 0) is 0 Å². The van der Waals surface area contributed by atoms with Gasteiger partial charge in [0.25, 0.3) is 0 Å². The maximum atomic E-state index is 8.18. The molecule has 1 N–H and O–H groups in total. The minimum Gasteiger partial charge on any atom is -0.384 e. The molecular formula is C4H6O. The van der Waals surface area contributed by atoms with E-state index < -0.39 is 6.56 Å². The molecule has 0 radical (unpaired) electrons. The summed E-state index contributed by atoms with van der Waals surface area (Å²) in [7, 11) is 0. The molecule has 0 spiro atoms. The summed E-state index contributed by atoms with van der Waals surface area (Å²) in [5.74, 6) is 4.16. The highest BCUT2D eigenvalue weighted by Crippen LogP contribution is 1.44. The third kappa shape index (κ3) is 3.52. The van der Waals surface area contributed by atoms with Crippen LogP contribution in [0.25, 0.3) is 0 Å². The minimum atomic E-state index is -2.31. The van der Waals surface area contributed by atoms with Gasteiger partial charge in [-0.25, -0.2) is 0 Å². The van der Waals surface area contributed by atoms with E-state index in [1.54, 1.807) is 0 Å². The number of rotatable bonds is 0. The summed E-state index contributed by atoms with van der Waals surface area (Å²) in [6.45, 7) is -0.844. The molecular weight excluding hydrogens is 64.0 g/mol. The first kappa shape index (κ1) is 1.84. The molecule has 1 nitrogen and oxygen atoms in total. The van der Waals surface area contributed by atoms with E-state index in [0.717, 1.165) is 0 Å². The van der Waals surface area contributed by atoms with Crippen molar-refractivity contribution < 1.29 is 7.85 Å². The molecule has 0 amide bonds. The predicted molar refractivity (Wildman–Crippen MR) is 20.5 cm³/mol. The lowest BCUT2D eigenvalue weighted by atomic mass is 10.6. The van der Waals surface area contributed by atoms with Crippen molar-refractivity contribution in [2.75, 3.05) is 6.56 Å². The lowest BCUT2D eigenvalue weighted by Gasteiger charge is -1.60. The molecule has 28 valence electrons. The van der Waals surface area contributed by atoms with Crippen LogP contribution in [0.4, 0.5) is 0 Å². The van der Waals surface area contributed by atoms with Gasteiger partial charge in [0, 0.05) is 0 Å². The predicted octanol–water partition coefficient (Wildman–Crippen LogP) is 0.00200. The molecule has 0 heterocycles. The molecule has 0 aromatic heterocycles. The number of aliphatic hydroxyl groups is 1. The highest BCUT2D eigenvalue weighted by Gasteiger charge is 1.48. The molecule has 1 heteroatoms. The van der Waals surface area contributed by atoms with Crippen LogP contribution in [0, 0.1) is 11.8 Å². The zero-order valence-corrected chi connectivity index (χ0v) is 2.95. The number of hydrogen-bond acceptors (Lipinski definition) is 1. The van der Waals surface area contributed by atoms with Gasteiger partial charge in [-0.3, -0.25) is 0 Å². The van der Waals surface area contributed by atoms with Crippen molar-refractivity contribution in [3.8, 4) is 11.8 Å². The molecule has 0 bridgehead atoms. The minimum absolute atomic E-state index is 1.47. The summed E-state index contributed by atoms with van der Waals surface area (Å²) in [5.41, 5.74) is 0. The topological polar surface area (TPSA) is 20.2 Å². The molecule has 0 atom stereocenters. The maximum absolute atomic E-state index is 8.18. The van der Waals surface area contributed by atoms with Crippen molar-refractivity contribution in [2.45, 2.75) is 6.92 Å². The largest absolute Gasteiger partial charge is 0.384 e. The van der Waals surface area contributed by atoms with Crippen molar-refractivity contribution in [1.82, 2.24) is 0 Å². The third-order valence-corrected chi connectivity index (χ3v) is 0.181. The standard InChI is InChI=1S/C4H6O/c1-2-3-4-5/h5H,4H2,1H3/i4D2. The molecule has 0 aliphatic carbocycles. The summed E-state index contributed by atoms with van der Waals surface area (Å²) in [6, 6.07) is 0. The van der Waals surface area contributed by atoms with Crippen LogP contribution < -0.4 is 0 Å². The van der Waals surface area contributed by atoms with Gasteiger partial charge in [-0.1, -0.05) is 5.92 Å². The lowest BCUT2D eigenvalue weighted by Crippen LogP contribution is -1.66. The van der Waals surface area contributed by atoms with Crippen molar-refractivity contribution in [1.29, 1.82) is 0 Å². The second kappa shape index (κ2) is 3.52. The third-order valence-electron chi connectivity index (χ3n) is 0.181. The Morgan fingerprint density at radius 1 is 2.20 bits per heavy atom. The summed E-state index contributed by atoms with van der Waals surface area (Å²) >= 11 is 0. The zero-order valence-electron chi connectivity index (χ0n) is 4.95. The van der Waals surface area contributed by atoms with Crippen molar-refractivity contribution in [2.24, 2.45) is 0 Å². The summed E-state index contributed by atoms with van der Waals surface area (Å²) in [5, 5.41) is 8.18. The van der Waals surface area contributed by atoms with Gasteiger partial charge in [0.15, 0.2) is 0 Å². The molecule has 5 heavy (non-hydrogen) atoms. The van der Waals surface area contributed by atoms with Gasteiger partial charge < -0.3 is 5.11 Å². The Morgan fingerprint density at radius 3 is 2.80 bits per heavy atom. The average molecular weight is 72.1 g/mol. The van der Waals surface area contributed by atoms with Crippen LogP contribution in [0.2, 0.25) is 0 Å². The van der Waals surface area contributed by atoms with Gasteiger partial charge in [-0.2, -0.15) is 0 Å². The highest BCUT2D eigenvalue weighted by molar-refractivity contribution is 4.93. The molecule has 0 saturated carbocycles. The highest BCUT2D eigenvalue weighted by atomic mass is 16.2. The summed E-state index contributed by atoms with van der Waals surface area (Å²) < 4.78 is 12.8. The van der Waals surface area contributed by atoms with E-state index in [1.807, 2.05) is 5.92 Å². The van der Waals surface area contributed by atoms with Crippen LogP contribution in [0.15, 0.2) is 0 Å². The molecule has 0 aliphatic rings. The van der Waals surface area contributed by atoms with Crippen LogP contribution in [0.1, 0.15) is 9.67 Å². The van der Waals surface area contributed by atoms with Crippen LogP contribution in [0.5, 0.6) is 0 Å². The normalized spacial score (nSPS) is 14.0.